The molecule has 0 bridgehead atoms. The number of benzene rings is 1. The summed E-state index contributed by atoms with van der Waals surface area (Å²) >= 11 is 0.0744. The molecular formula is C23H32O4Se. The van der Waals surface area contributed by atoms with Crippen LogP contribution >= 0.6 is 0 Å². The van der Waals surface area contributed by atoms with Crippen molar-refractivity contribution >= 4 is 20.9 Å². The fourth-order valence-corrected chi connectivity index (χ4v) is 6.94. The number of hydrogen-bond acceptors (Lipinski definition) is 4. The summed E-state index contributed by atoms with van der Waals surface area (Å²) in [5.74, 6) is 0.00267. The number of aliphatic hydroxyl groups excluding tert-OH is 2. The van der Waals surface area contributed by atoms with E-state index in [2.05, 4.69) is 24.3 Å². The van der Waals surface area contributed by atoms with Crippen molar-refractivity contribution in [3.63, 3.8) is 0 Å². The summed E-state index contributed by atoms with van der Waals surface area (Å²) in [5.41, 5.74) is 1.24. The first-order valence-electron chi connectivity index (χ1n) is 10.4. The third-order valence-corrected chi connectivity index (χ3v) is 8.71. The second-order valence-corrected chi connectivity index (χ2v) is 10.7. The molecule has 1 aromatic carbocycles. The van der Waals surface area contributed by atoms with Gasteiger partial charge in [-0.15, -0.1) is 0 Å². The molecule has 0 unspecified atom stereocenters. The molecular weight excluding hydrogens is 419 g/mol. The first kappa shape index (κ1) is 21.6. The van der Waals surface area contributed by atoms with E-state index in [1.54, 1.807) is 0 Å². The number of hydrogen-bond donors (Lipinski definition) is 2. The molecule has 2 aliphatic rings. The van der Waals surface area contributed by atoms with E-state index in [0.717, 1.165) is 24.6 Å². The van der Waals surface area contributed by atoms with Gasteiger partial charge < -0.3 is 0 Å². The van der Waals surface area contributed by atoms with Gasteiger partial charge in [0, 0.05) is 0 Å². The molecule has 0 spiro atoms. The second kappa shape index (κ2) is 10.6. The average Bonchev–Trinajstić information content (AvgIpc) is 3.05. The molecule has 5 heteroatoms. The second-order valence-electron chi connectivity index (χ2n) is 8.14. The number of aliphatic hydroxyl groups is 2. The van der Waals surface area contributed by atoms with Gasteiger partial charge in [0.15, 0.2) is 0 Å². The Kier molecular flexibility index (Phi) is 8.16. The molecule has 3 rings (SSSR count). The Morgan fingerprint density at radius 2 is 1.96 bits per heavy atom. The van der Waals surface area contributed by atoms with Gasteiger partial charge in [0.25, 0.3) is 0 Å². The molecule has 2 N–H and O–H groups in total. The number of allylic oxidation sites excluding steroid dienone is 2. The van der Waals surface area contributed by atoms with Gasteiger partial charge >= 0.3 is 174 Å². The molecule has 0 amide bonds. The number of esters is 1. The Morgan fingerprint density at radius 3 is 2.75 bits per heavy atom. The Labute approximate surface area is 174 Å². The van der Waals surface area contributed by atoms with Crippen molar-refractivity contribution in [2.24, 2.45) is 11.8 Å². The Morgan fingerprint density at radius 1 is 1.18 bits per heavy atom. The van der Waals surface area contributed by atoms with Crippen molar-refractivity contribution in [3.8, 4) is 0 Å². The van der Waals surface area contributed by atoms with Gasteiger partial charge in [0.05, 0.1) is 0 Å². The summed E-state index contributed by atoms with van der Waals surface area (Å²) in [6, 6.07) is 10.2. The van der Waals surface area contributed by atoms with E-state index in [4.69, 9.17) is 4.74 Å². The molecule has 0 saturated heterocycles. The topological polar surface area (TPSA) is 66.8 Å². The molecule has 1 saturated carbocycles. The van der Waals surface area contributed by atoms with E-state index in [1.165, 1.54) is 5.56 Å². The normalized spacial score (nSPS) is 35.8. The molecule has 1 fully saturated rings. The first-order chi connectivity index (χ1) is 13.5. The van der Waals surface area contributed by atoms with E-state index < -0.39 is 6.10 Å². The molecule has 1 heterocycles. The monoisotopic (exact) mass is 452 g/mol. The number of carbonyl (C=O) groups is 1. The van der Waals surface area contributed by atoms with Crippen LogP contribution in [0.25, 0.3) is 0 Å². The maximum atomic E-state index is 12.5. The zero-order valence-corrected chi connectivity index (χ0v) is 18.3. The van der Waals surface area contributed by atoms with Crippen molar-refractivity contribution in [2.45, 2.75) is 73.9 Å². The van der Waals surface area contributed by atoms with Crippen LogP contribution in [0.2, 0.25) is 4.82 Å². The number of carbonyl (C=O) groups excluding carboxylic acids is 1. The Bertz CT molecular complexity index is 647. The van der Waals surface area contributed by atoms with E-state index in [0.29, 0.717) is 12.8 Å². The number of rotatable bonds is 3. The molecule has 0 radical (unpaired) electrons. The van der Waals surface area contributed by atoms with Crippen LogP contribution in [-0.4, -0.2) is 49.5 Å². The summed E-state index contributed by atoms with van der Waals surface area (Å²) in [5, 5.41) is 22.3. The van der Waals surface area contributed by atoms with Crippen molar-refractivity contribution < 1.29 is 19.7 Å². The summed E-state index contributed by atoms with van der Waals surface area (Å²) < 4.78 is 5.61. The van der Waals surface area contributed by atoms with Crippen LogP contribution in [0.4, 0.5) is 0 Å². The molecule has 6 atom stereocenters. The van der Waals surface area contributed by atoms with Crippen LogP contribution in [0, 0.1) is 11.8 Å². The van der Waals surface area contributed by atoms with Crippen LogP contribution < -0.4 is 0 Å². The van der Waals surface area contributed by atoms with E-state index in [-0.39, 0.29) is 56.2 Å². The minimum absolute atomic E-state index is 0.0138. The fourth-order valence-electron chi connectivity index (χ4n) is 4.31. The van der Waals surface area contributed by atoms with Crippen molar-refractivity contribution in [2.75, 3.05) is 0 Å². The predicted molar refractivity (Wildman–Crippen MR) is 111 cm³/mol. The van der Waals surface area contributed by atoms with Crippen LogP contribution in [0.3, 0.4) is 0 Å². The van der Waals surface area contributed by atoms with Gasteiger partial charge in [0.1, 0.15) is 0 Å². The number of cyclic esters (lactones) is 1. The standard InChI is InChI=1S/C23H32O4Se/c1-16-8-4-2-7-11-18-12-19(24)13-20(18)23(26)21(14-22(25)27-16)28-15-17-9-5-3-6-10-17/h3,5-7,9-11,16,18-21,23-24,26H,2,4,8,12-15H2,1H3/b11-7+/t16-,18+,19-,20+,21+,23-/m0/s1. The summed E-state index contributed by atoms with van der Waals surface area (Å²) in [6.07, 6.45) is 7.70. The van der Waals surface area contributed by atoms with Crippen molar-refractivity contribution in [3.05, 3.63) is 48.0 Å². The van der Waals surface area contributed by atoms with Crippen molar-refractivity contribution in [1.29, 1.82) is 0 Å². The SMILES string of the molecule is C[C@H]1CCC/C=C/[C@@H]2C[C@H](O)C[C@H]2[C@H](O)[C@H]([Se]Cc2ccccc2)CC(=O)O1. The zero-order valence-electron chi connectivity index (χ0n) is 16.6. The molecule has 1 aromatic rings. The van der Waals surface area contributed by atoms with Crippen LogP contribution in [-0.2, 0) is 14.9 Å². The van der Waals surface area contributed by atoms with Gasteiger partial charge in [-0.25, -0.2) is 0 Å². The molecule has 154 valence electrons. The number of fused-ring (bicyclic) bond motifs is 1. The van der Waals surface area contributed by atoms with Crippen molar-refractivity contribution in [1.82, 2.24) is 0 Å². The van der Waals surface area contributed by atoms with Gasteiger partial charge in [-0.3, -0.25) is 0 Å². The summed E-state index contributed by atoms with van der Waals surface area (Å²) in [4.78, 5) is 12.4. The molecule has 0 aromatic heterocycles. The van der Waals surface area contributed by atoms with Crippen LogP contribution in [0.5, 0.6) is 0 Å². The molecule has 1 aliphatic carbocycles. The molecule has 4 nitrogen and oxygen atoms in total. The quantitative estimate of drug-likeness (QED) is 0.420. The predicted octanol–water partition coefficient (Wildman–Crippen LogP) is 3.49. The summed E-state index contributed by atoms with van der Waals surface area (Å²) in [6.45, 7) is 1.95. The van der Waals surface area contributed by atoms with E-state index in [9.17, 15) is 15.0 Å². The fraction of sp³-hybridized carbons (Fsp3) is 0.609. The first-order valence-corrected chi connectivity index (χ1v) is 12.6. The third-order valence-electron chi connectivity index (χ3n) is 5.83. The average molecular weight is 451 g/mol. The van der Waals surface area contributed by atoms with Gasteiger partial charge in [-0.1, -0.05) is 0 Å². The van der Waals surface area contributed by atoms with E-state index >= 15 is 0 Å². The van der Waals surface area contributed by atoms with Gasteiger partial charge in [-0.05, 0) is 0 Å². The van der Waals surface area contributed by atoms with E-state index in [1.807, 2.05) is 25.1 Å². The Balaban J connectivity index is 1.77. The Hall–Kier alpha value is -1.13. The third kappa shape index (κ3) is 6.18. The molecule has 28 heavy (non-hydrogen) atoms. The van der Waals surface area contributed by atoms with Gasteiger partial charge in [0.2, 0.25) is 0 Å². The minimum atomic E-state index is -0.584. The summed E-state index contributed by atoms with van der Waals surface area (Å²) in [7, 11) is 0. The molecule has 1 aliphatic heterocycles. The van der Waals surface area contributed by atoms with Gasteiger partial charge in [-0.2, -0.15) is 0 Å². The van der Waals surface area contributed by atoms with Crippen LogP contribution in [0.1, 0.15) is 51.0 Å². The number of ether oxygens (including phenoxy) is 1. The zero-order chi connectivity index (χ0) is 19.9. The maximum absolute atomic E-state index is 12.5. The van der Waals surface area contributed by atoms with Crippen LogP contribution in [0.15, 0.2) is 42.5 Å².